The first-order valence-electron chi connectivity index (χ1n) is 20.3. The lowest BCUT2D eigenvalue weighted by molar-refractivity contribution is -0.155. The second kappa shape index (κ2) is 21.2. The van der Waals surface area contributed by atoms with Gasteiger partial charge in [-0.2, -0.15) is 0 Å². The number of rotatable bonds is 15. The first-order chi connectivity index (χ1) is 27.9. The second-order valence-corrected chi connectivity index (χ2v) is 15.6. The normalized spacial score (nSPS) is 15.3. The molecule has 2 fully saturated rings. The van der Waals surface area contributed by atoms with Crippen LogP contribution >= 0.6 is 0 Å². The van der Waals surface area contributed by atoms with E-state index in [0.29, 0.717) is 44.0 Å². The molecule has 2 aliphatic heterocycles. The number of carbonyl (C=O) groups excluding carboxylic acids is 5. The average Bonchev–Trinajstić information content (AvgIpc) is 3.23. The second-order valence-electron chi connectivity index (χ2n) is 15.6. The van der Waals surface area contributed by atoms with Gasteiger partial charge in [0.1, 0.15) is 35.8 Å². The lowest BCUT2D eigenvalue weighted by atomic mass is 10.1. The molecule has 14 heteroatoms. The minimum absolute atomic E-state index is 0.00669. The van der Waals surface area contributed by atoms with Gasteiger partial charge in [0.05, 0.1) is 12.3 Å². The topological polar surface area (TPSA) is 157 Å². The summed E-state index contributed by atoms with van der Waals surface area (Å²) in [6, 6.07) is 21.1. The van der Waals surface area contributed by atoms with Crippen LogP contribution < -0.4 is 10.1 Å². The van der Waals surface area contributed by atoms with Crippen LogP contribution in [0.3, 0.4) is 0 Å². The molecule has 14 nitrogen and oxygen atoms in total. The number of piperidine rings is 1. The Hall–Kier alpha value is -5.66. The molecule has 5 rings (SSSR count). The van der Waals surface area contributed by atoms with Gasteiger partial charge in [0.2, 0.25) is 5.91 Å². The van der Waals surface area contributed by atoms with E-state index in [1.807, 2.05) is 60.7 Å². The van der Waals surface area contributed by atoms with E-state index in [4.69, 9.17) is 18.9 Å². The molecular formula is C44H57N5O9. The first-order valence-corrected chi connectivity index (χ1v) is 20.3. The zero-order valence-electron chi connectivity index (χ0n) is 34.2. The number of nitrogens with one attached hydrogen (secondary N) is 1. The van der Waals surface area contributed by atoms with Crippen molar-refractivity contribution < 1.29 is 42.9 Å². The standard InChI is InChI=1S/C44H57N5O9/c1-5-6-13-28-55-42(53)49-26-24-47(25-27-49)41(52)36(18-19-39(50)58-44(2,3)4)46-40(51)38-30-35(29-37(45-38)33-16-11-8-12-17-33)57-34-20-22-48(23-21-34)43(54)56-31-32-14-9-7-10-15-32/h7-12,14-17,29-30,34,36H,5-6,13,18-28,31H2,1-4H3,(H,46,51)/t36-/m0/s1. The fourth-order valence-electron chi connectivity index (χ4n) is 6.68. The maximum Gasteiger partial charge on any atom is 0.410 e. The minimum Gasteiger partial charge on any atom is -0.490 e. The third kappa shape index (κ3) is 13.5. The number of hydrogen-bond donors (Lipinski definition) is 1. The van der Waals surface area contributed by atoms with E-state index in [1.54, 1.807) is 47.6 Å². The Labute approximate surface area is 341 Å². The minimum atomic E-state index is -1.08. The van der Waals surface area contributed by atoms with Crippen molar-refractivity contribution in [2.75, 3.05) is 45.9 Å². The molecule has 4 amide bonds. The Morgan fingerprint density at radius 1 is 0.793 bits per heavy atom. The van der Waals surface area contributed by atoms with Gasteiger partial charge < -0.3 is 39.0 Å². The smallest absolute Gasteiger partial charge is 0.410 e. The number of benzene rings is 2. The summed E-state index contributed by atoms with van der Waals surface area (Å²) >= 11 is 0. The lowest BCUT2D eigenvalue weighted by Crippen LogP contribution is -2.56. The summed E-state index contributed by atoms with van der Waals surface area (Å²) in [5, 5.41) is 2.85. The summed E-state index contributed by atoms with van der Waals surface area (Å²) in [6.45, 7) is 9.83. The Bertz CT molecular complexity index is 1820. The van der Waals surface area contributed by atoms with E-state index >= 15 is 0 Å². The fourth-order valence-corrected chi connectivity index (χ4v) is 6.68. The molecule has 1 aromatic heterocycles. The number of hydrogen-bond acceptors (Lipinski definition) is 10. The van der Waals surface area contributed by atoms with Gasteiger partial charge >= 0.3 is 18.2 Å². The predicted octanol–water partition coefficient (Wildman–Crippen LogP) is 6.62. The maximum absolute atomic E-state index is 14.1. The maximum atomic E-state index is 14.1. The first kappa shape index (κ1) is 43.5. The number of likely N-dealkylation sites (tertiary alicyclic amines) is 1. The predicted molar refractivity (Wildman–Crippen MR) is 217 cm³/mol. The van der Waals surface area contributed by atoms with Crippen LogP contribution in [0.1, 0.15) is 88.7 Å². The van der Waals surface area contributed by atoms with Gasteiger partial charge in [-0.3, -0.25) is 14.4 Å². The van der Waals surface area contributed by atoms with Crippen molar-refractivity contribution in [3.05, 3.63) is 84.1 Å². The molecular weight excluding hydrogens is 743 g/mol. The van der Waals surface area contributed by atoms with Gasteiger partial charge in [-0.15, -0.1) is 0 Å². The van der Waals surface area contributed by atoms with Crippen LogP contribution in [0, 0.1) is 0 Å². The average molecular weight is 800 g/mol. The number of carbonyl (C=O) groups is 5. The van der Waals surface area contributed by atoms with E-state index in [2.05, 4.69) is 17.2 Å². The largest absolute Gasteiger partial charge is 0.490 e. The molecule has 0 saturated carbocycles. The van der Waals surface area contributed by atoms with Crippen LogP contribution in [0.15, 0.2) is 72.8 Å². The third-order valence-corrected chi connectivity index (χ3v) is 9.79. The molecule has 0 unspecified atom stereocenters. The van der Waals surface area contributed by atoms with Crippen molar-refractivity contribution in [2.24, 2.45) is 0 Å². The van der Waals surface area contributed by atoms with Crippen LogP contribution in [0.2, 0.25) is 0 Å². The van der Waals surface area contributed by atoms with Gasteiger partial charge in [-0.05, 0) is 39.2 Å². The van der Waals surface area contributed by atoms with Gasteiger partial charge in [0.25, 0.3) is 5.91 Å². The number of pyridine rings is 1. The molecule has 0 aliphatic carbocycles. The summed E-state index contributed by atoms with van der Waals surface area (Å²) < 4.78 is 22.9. The number of piperazine rings is 1. The van der Waals surface area contributed by atoms with E-state index in [9.17, 15) is 24.0 Å². The highest BCUT2D eigenvalue weighted by Crippen LogP contribution is 2.27. The number of unbranched alkanes of at least 4 members (excludes halogenated alkanes) is 2. The summed E-state index contributed by atoms with van der Waals surface area (Å²) in [5.74, 6) is -1.07. The monoisotopic (exact) mass is 799 g/mol. The molecule has 58 heavy (non-hydrogen) atoms. The van der Waals surface area contributed by atoms with Crippen LogP contribution in [-0.4, -0.2) is 113 Å². The zero-order chi connectivity index (χ0) is 41.5. The number of nitrogens with zero attached hydrogens (tertiary/aromatic N) is 4. The van der Waals surface area contributed by atoms with Crippen molar-refractivity contribution >= 4 is 30.0 Å². The number of aromatic nitrogens is 1. The molecule has 1 N–H and O–H groups in total. The molecule has 3 aromatic rings. The number of ether oxygens (including phenoxy) is 4. The van der Waals surface area contributed by atoms with Crippen molar-refractivity contribution in [1.29, 1.82) is 0 Å². The van der Waals surface area contributed by atoms with E-state index < -0.39 is 29.6 Å². The number of esters is 1. The Morgan fingerprint density at radius 3 is 2.07 bits per heavy atom. The molecule has 0 radical (unpaired) electrons. The Balaban J connectivity index is 1.27. The Morgan fingerprint density at radius 2 is 1.41 bits per heavy atom. The molecule has 3 heterocycles. The summed E-state index contributed by atoms with van der Waals surface area (Å²) in [6.07, 6.45) is 2.74. The highest BCUT2D eigenvalue weighted by Gasteiger charge is 2.32. The summed E-state index contributed by atoms with van der Waals surface area (Å²) in [7, 11) is 0. The quantitative estimate of drug-likeness (QED) is 0.101. The molecule has 312 valence electrons. The van der Waals surface area contributed by atoms with E-state index in [-0.39, 0.29) is 69.4 Å². The lowest BCUT2D eigenvalue weighted by Gasteiger charge is -2.36. The number of amides is 4. The van der Waals surface area contributed by atoms with Gasteiger partial charge in [0, 0.05) is 76.2 Å². The van der Waals surface area contributed by atoms with Crippen molar-refractivity contribution in [1.82, 2.24) is 25.0 Å². The van der Waals surface area contributed by atoms with E-state index in [0.717, 1.165) is 30.4 Å². The summed E-state index contributed by atoms with van der Waals surface area (Å²) in [4.78, 5) is 75.8. The third-order valence-electron chi connectivity index (χ3n) is 9.79. The SMILES string of the molecule is CCCCCOC(=O)N1CCN(C(=O)[C@H](CCC(=O)OC(C)(C)C)NC(=O)c2cc(OC3CCN(C(=O)OCc4ccccc4)CC3)cc(-c3ccccc3)n2)CC1. The molecule has 0 bridgehead atoms. The van der Waals surface area contributed by atoms with Gasteiger partial charge in [0.15, 0.2) is 0 Å². The van der Waals surface area contributed by atoms with Crippen LogP contribution in [0.4, 0.5) is 9.59 Å². The van der Waals surface area contributed by atoms with Gasteiger partial charge in [-0.1, -0.05) is 80.4 Å². The van der Waals surface area contributed by atoms with Crippen molar-refractivity contribution in [2.45, 2.75) is 97.0 Å². The molecule has 0 spiro atoms. The highest BCUT2D eigenvalue weighted by molar-refractivity contribution is 5.97. The molecule has 2 aromatic carbocycles. The van der Waals surface area contributed by atoms with E-state index in [1.165, 1.54) is 0 Å². The fraction of sp³-hybridized carbons (Fsp3) is 0.500. The molecule has 2 saturated heterocycles. The Kier molecular flexibility index (Phi) is 15.9. The van der Waals surface area contributed by atoms with Crippen molar-refractivity contribution in [3.63, 3.8) is 0 Å². The molecule has 2 aliphatic rings. The van der Waals surface area contributed by atoms with Crippen molar-refractivity contribution in [3.8, 4) is 17.0 Å². The van der Waals surface area contributed by atoms with Crippen LogP contribution in [0.5, 0.6) is 5.75 Å². The zero-order valence-corrected chi connectivity index (χ0v) is 34.2. The highest BCUT2D eigenvalue weighted by atomic mass is 16.6. The summed E-state index contributed by atoms with van der Waals surface area (Å²) in [5.41, 5.74) is 1.48. The van der Waals surface area contributed by atoms with Crippen LogP contribution in [0.25, 0.3) is 11.3 Å². The van der Waals surface area contributed by atoms with Gasteiger partial charge in [-0.25, -0.2) is 14.6 Å². The van der Waals surface area contributed by atoms with Crippen LogP contribution in [-0.2, 0) is 30.4 Å². The molecule has 1 atom stereocenters.